The molecule has 1 unspecified atom stereocenters. The standard InChI is InChI=1S/C21H28ClN3O/c1-14-9-10-23-20(16-6-4-7-16)18(14)12-19(22)15(2)24-21(26)17-8-5-11-25(3)13-17/h9-10,12,17,23H,2,4-8,11,13H2,1,3H3,(H,24,26)/b19-12+. The molecule has 5 heteroatoms. The molecule has 3 aliphatic rings. The number of nitrogens with zero attached hydrogens (tertiary/aromatic N) is 1. The molecule has 1 saturated heterocycles. The number of carbonyl (C=O) groups is 1. The van der Waals surface area contributed by atoms with Gasteiger partial charge in [0.25, 0.3) is 0 Å². The lowest BCUT2D eigenvalue weighted by molar-refractivity contribution is -0.125. The minimum atomic E-state index is 0.00264. The second-order valence-corrected chi connectivity index (χ2v) is 7.88. The van der Waals surface area contributed by atoms with Gasteiger partial charge >= 0.3 is 0 Å². The number of rotatable bonds is 4. The van der Waals surface area contributed by atoms with Crippen LogP contribution in [-0.4, -0.2) is 30.9 Å². The van der Waals surface area contributed by atoms with Gasteiger partial charge in [0.05, 0.1) is 16.6 Å². The van der Waals surface area contributed by atoms with Crippen LogP contribution < -0.4 is 10.6 Å². The SMILES string of the molecule is C=C(NC(=O)C1CCCN(C)C1)/C(Cl)=C\C1=C(C)C=CNC1=C1CCC1. The van der Waals surface area contributed by atoms with Gasteiger partial charge in [-0.2, -0.15) is 0 Å². The van der Waals surface area contributed by atoms with Gasteiger partial charge in [-0.3, -0.25) is 4.79 Å². The van der Waals surface area contributed by atoms with E-state index in [0.29, 0.717) is 10.7 Å². The molecule has 2 heterocycles. The Kier molecular flexibility index (Phi) is 6.05. The van der Waals surface area contributed by atoms with Crippen LogP contribution in [0.4, 0.5) is 0 Å². The lowest BCUT2D eigenvalue weighted by Gasteiger charge is -2.29. The van der Waals surface area contributed by atoms with E-state index in [9.17, 15) is 4.79 Å². The fourth-order valence-electron chi connectivity index (χ4n) is 3.60. The van der Waals surface area contributed by atoms with Crippen LogP contribution in [0.25, 0.3) is 0 Å². The quantitative estimate of drug-likeness (QED) is 0.733. The van der Waals surface area contributed by atoms with Crippen LogP contribution >= 0.6 is 11.6 Å². The molecule has 1 saturated carbocycles. The van der Waals surface area contributed by atoms with Crippen molar-refractivity contribution < 1.29 is 4.79 Å². The van der Waals surface area contributed by atoms with Gasteiger partial charge in [-0.05, 0) is 75.9 Å². The van der Waals surface area contributed by atoms with Crippen molar-refractivity contribution in [2.24, 2.45) is 5.92 Å². The highest BCUT2D eigenvalue weighted by molar-refractivity contribution is 6.32. The summed E-state index contributed by atoms with van der Waals surface area (Å²) in [5.74, 6) is 0.0147. The summed E-state index contributed by atoms with van der Waals surface area (Å²) in [7, 11) is 2.05. The van der Waals surface area contributed by atoms with E-state index in [0.717, 1.165) is 55.6 Å². The first-order chi connectivity index (χ1) is 12.5. The van der Waals surface area contributed by atoms with Gasteiger partial charge in [0.1, 0.15) is 0 Å². The Bertz CT molecular complexity index is 724. The first-order valence-corrected chi connectivity index (χ1v) is 9.75. The molecular formula is C21H28ClN3O. The minimum Gasteiger partial charge on any atom is -0.361 e. The van der Waals surface area contributed by atoms with Crippen LogP contribution in [0, 0.1) is 5.92 Å². The molecule has 1 atom stereocenters. The maximum absolute atomic E-state index is 12.5. The van der Waals surface area contributed by atoms with Crippen LogP contribution in [0.5, 0.6) is 0 Å². The second kappa shape index (κ2) is 8.28. The zero-order valence-corrected chi connectivity index (χ0v) is 16.5. The van der Waals surface area contributed by atoms with Crippen molar-refractivity contribution in [1.29, 1.82) is 0 Å². The Balaban J connectivity index is 1.71. The normalized spacial score (nSPS) is 24.3. The van der Waals surface area contributed by atoms with E-state index in [-0.39, 0.29) is 11.8 Å². The summed E-state index contributed by atoms with van der Waals surface area (Å²) in [6, 6.07) is 0. The average Bonchev–Trinajstić information content (AvgIpc) is 2.56. The van der Waals surface area contributed by atoms with Crippen molar-refractivity contribution in [2.45, 2.75) is 39.0 Å². The molecule has 0 spiro atoms. The van der Waals surface area contributed by atoms with Crippen molar-refractivity contribution in [2.75, 3.05) is 20.1 Å². The molecule has 1 amide bonds. The molecule has 4 nitrogen and oxygen atoms in total. The number of hydrogen-bond acceptors (Lipinski definition) is 3. The van der Waals surface area contributed by atoms with E-state index in [1.165, 1.54) is 12.0 Å². The smallest absolute Gasteiger partial charge is 0.228 e. The molecule has 2 N–H and O–H groups in total. The Morgan fingerprint density at radius 1 is 1.42 bits per heavy atom. The number of halogens is 1. The largest absolute Gasteiger partial charge is 0.361 e. The van der Waals surface area contributed by atoms with Gasteiger partial charge in [0, 0.05) is 24.0 Å². The summed E-state index contributed by atoms with van der Waals surface area (Å²) < 4.78 is 0. The van der Waals surface area contributed by atoms with Gasteiger partial charge in [-0.15, -0.1) is 0 Å². The first kappa shape index (κ1) is 19.0. The number of likely N-dealkylation sites (tertiary alicyclic amines) is 1. The molecule has 26 heavy (non-hydrogen) atoms. The summed E-state index contributed by atoms with van der Waals surface area (Å²) in [5, 5.41) is 6.75. The van der Waals surface area contributed by atoms with Crippen LogP contribution in [0.2, 0.25) is 0 Å². The molecule has 0 radical (unpaired) electrons. The highest BCUT2D eigenvalue weighted by Gasteiger charge is 2.25. The monoisotopic (exact) mass is 373 g/mol. The molecule has 2 fully saturated rings. The third-order valence-electron chi connectivity index (χ3n) is 5.39. The van der Waals surface area contributed by atoms with Crippen LogP contribution in [0.15, 0.2) is 58.1 Å². The lowest BCUT2D eigenvalue weighted by atomic mass is 9.86. The number of piperidine rings is 1. The highest BCUT2D eigenvalue weighted by Crippen LogP contribution is 2.34. The summed E-state index contributed by atoms with van der Waals surface area (Å²) in [4.78, 5) is 14.7. The summed E-state index contributed by atoms with van der Waals surface area (Å²) in [5.41, 5.74) is 5.30. The zero-order valence-electron chi connectivity index (χ0n) is 15.7. The number of nitrogens with one attached hydrogen (secondary N) is 2. The predicted octanol–water partition coefficient (Wildman–Crippen LogP) is 3.95. The number of dihydropyridines is 1. The van der Waals surface area contributed by atoms with Gasteiger partial charge in [0.15, 0.2) is 0 Å². The molecule has 140 valence electrons. The molecule has 3 rings (SSSR count). The van der Waals surface area contributed by atoms with Crippen LogP contribution in [0.3, 0.4) is 0 Å². The van der Waals surface area contributed by atoms with Gasteiger partial charge in [-0.1, -0.05) is 18.2 Å². The van der Waals surface area contributed by atoms with Crippen LogP contribution in [0.1, 0.15) is 39.0 Å². The number of amides is 1. The number of hydrogen-bond donors (Lipinski definition) is 2. The molecule has 0 aromatic carbocycles. The van der Waals surface area contributed by atoms with Gasteiger partial charge in [0.2, 0.25) is 5.91 Å². The molecule has 0 aromatic rings. The van der Waals surface area contributed by atoms with E-state index in [2.05, 4.69) is 36.1 Å². The van der Waals surface area contributed by atoms with E-state index < -0.39 is 0 Å². The zero-order chi connectivity index (χ0) is 18.7. The Labute approximate surface area is 161 Å². The molecule has 1 aliphatic carbocycles. The maximum atomic E-state index is 12.5. The Morgan fingerprint density at radius 3 is 2.85 bits per heavy atom. The molecule has 2 aliphatic heterocycles. The maximum Gasteiger partial charge on any atom is 0.228 e. The topological polar surface area (TPSA) is 44.4 Å². The van der Waals surface area contributed by atoms with Crippen molar-refractivity contribution in [3.63, 3.8) is 0 Å². The van der Waals surface area contributed by atoms with Crippen molar-refractivity contribution >= 4 is 17.5 Å². The van der Waals surface area contributed by atoms with E-state index in [1.54, 1.807) is 0 Å². The molecular weight excluding hydrogens is 346 g/mol. The van der Waals surface area contributed by atoms with Crippen molar-refractivity contribution in [3.8, 4) is 0 Å². The molecule has 0 bridgehead atoms. The number of carbonyl (C=O) groups excluding carboxylic acids is 1. The average molecular weight is 374 g/mol. The van der Waals surface area contributed by atoms with Crippen molar-refractivity contribution in [1.82, 2.24) is 15.5 Å². The fraction of sp³-hybridized carbons (Fsp3) is 0.476. The predicted molar refractivity (Wildman–Crippen MR) is 107 cm³/mol. The van der Waals surface area contributed by atoms with Gasteiger partial charge < -0.3 is 15.5 Å². The minimum absolute atomic E-state index is 0.00264. The fourth-order valence-corrected chi connectivity index (χ4v) is 3.76. The third-order valence-corrected chi connectivity index (χ3v) is 5.73. The van der Waals surface area contributed by atoms with Gasteiger partial charge in [-0.25, -0.2) is 0 Å². The highest BCUT2D eigenvalue weighted by atomic mass is 35.5. The van der Waals surface area contributed by atoms with Crippen LogP contribution in [-0.2, 0) is 4.79 Å². The van der Waals surface area contributed by atoms with E-state index in [4.69, 9.17) is 11.6 Å². The summed E-state index contributed by atoms with van der Waals surface area (Å²) in [6.45, 7) is 7.90. The summed E-state index contributed by atoms with van der Waals surface area (Å²) in [6.07, 6.45) is 11.4. The van der Waals surface area contributed by atoms with E-state index >= 15 is 0 Å². The second-order valence-electron chi connectivity index (χ2n) is 7.47. The molecule has 0 aromatic heterocycles. The first-order valence-electron chi connectivity index (χ1n) is 9.38. The Morgan fingerprint density at radius 2 is 2.19 bits per heavy atom. The lowest BCUT2D eigenvalue weighted by Crippen LogP contribution is -2.41. The third kappa shape index (κ3) is 4.30. The number of allylic oxidation sites excluding steroid dienone is 5. The van der Waals surface area contributed by atoms with E-state index in [1.807, 2.05) is 18.4 Å². The van der Waals surface area contributed by atoms with Crippen molar-refractivity contribution in [3.05, 3.63) is 58.1 Å². The summed E-state index contributed by atoms with van der Waals surface area (Å²) >= 11 is 6.50. The Hall–Kier alpha value is -1.78.